The van der Waals surface area contributed by atoms with Crippen molar-refractivity contribution >= 4 is 21.8 Å². The van der Waals surface area contributed by atoms with E-state index >= 15 is 0 Å². The van der Waals surface area contributed by atoms with E-state index in [0.29, 0.717) is 18.8 Å². The van der Waals surface area contributed by atoms with E-state index < -0.39 is 0 Å². The minimum atomic E-state index is -0.297. The Bertz CT molecular complexity index is 683. The SMILES string of the molecule is O=C(c1cc(Br)c[nH]1)N(Cc1cccc(F)c1)CC1CCCO1. The first-order valence-corrected chi connectivity index (χ1v) is 8.40. The van der Waals surface area contributed by atoms with Crippen molar-refractivity contribution in [2.45, 2.75) is 25.5 Å². The smallest absolute Gasteiger partial charge is 0.270 e. The Balaban J connectivity index is 1.78. The van der Waals surface area contributed by atoms with Crippen LogP contribution in [0.2, 0.25) is 0 Å². The number of nitrogens with one attached hydrogen (secondary N) is 1. The second-order valence-corrected chi connectivity index (χ2v) is 6.60. The number of aromatic nitrogens is 1. The molecule has 0 spiro atoms. The van der Waals surface area contributed by atoms with E-state index in [4.69, 9.17) is 4.74 Å². The number of H-pyrrole nitrogens is 1. The first-order chi connectivity index (χ1) is 11.1. The summed E-state index contributed by atoms with van der Waals surface area (Å²) in [6.45, 7) is 1.60. The van der Waals surface area contributed by atoms with Gasteiger partial charge in [-0.05, 0) is 52.5 Å². The van der Waals surface area contributed by atoms with Gasteiger partial charge in [0.2, 0.25) is 0 Å². The number of rotatable bonds is 5. The summed E-state index contributed by atoms with van der Waals surface area (Å²) in [7, 11) is 0. The Labute approximate surface area is 142 Å². The summed E-state index contributed by atoms with van der Waals surface area (Å²) in [6.07, 6.45) is 3.73. The molecule has 3 rings (SSSR count). The maximum absolute atomic E-state index is 13.4. The van der Waals surface area contributed by atoms with Gasteiger partial charge in [0.1, 0.15) is 11.5 Å². The lowest BCUT2D eigenvalue weighted by molar-refractivity contribution is 0.0503. The van der Waals surface area contributed by atoms with Gasteiger partial charge in [-0.15, -0.1) is 0 Å². The van der Waals surface area contributed by atoms with Gasteiger partial charge in [0.25, 0.3) is 5.91 Å². The molecule has 6 heteroatoms. The predicted molar refractivity (Wildman–Crippen MR) is 88.6 cm³/mol. The number of hydrogen-bond acceptors (Lipinski definition) is 2. The molecule has 1 aliphatic rings. The van der Waals surface area contributed by atoms with E-state index in [2.05, 4.69) is 20.9 Å². The van der Waals surface area contributed by atoms with E-state index in [9.17, 15) is 9.18 Å². The molecule has 1 aromatic heterocycles. The number of benzene rings is 1. The molecule has 1 unspecified atom stereocenters. The molecular formula is C17H18BrFN2O2. The highest BCUT2D eigenvalue weighted by Gasteiger charge is 2.24. The van der Waals surface area contributed by atoms with E-state index in [0.717, 1.165) is 29.5 Å². The molecule has 4 nitrogen and oxygen atoms in total. The lowest BCUT2D eigenvalue weighted by Gasteiger charge is -2.25. The second-order valence-electron chi connectivity index (χ2n) is 5.68. The summed E-state index contributed by atoms with van der Waals surface area (Å²) in [4.78, 5) is 17.4. The van der Waals surface area contributed by atoms with Gasteiger partial charge in [0.15, 0.2) is 0 Å². The van der Waals surface area contributed by atoms with Gasteiger partial charge >= 0.3 is 0 Å². The third-order valence-corrected chi connectivity index (χ3v) is 4.33. The normalized spacial score (nSPS) is 17.4. The lowest BCUT2D eigenvalue weighted by atomic mass is 10.1. The maximum Gasteiger partial charge on any atom is 0.270 e. The predicted octanol–water partition coefficient (Wildman–Crippen LogP) is 3.74. The summed E-state index contributed by atoms with van der Waals surface area (Å²) >= 11 is 3.34. The van der Waals surface area contributed by atoms with Crippen molar-refractivity contribution in [3.63, 3.8) is 0 Å². The fraction of sp³-hybridized carbons (Fsp3) is 0.353. The van der Waals surface area contributed by atoms with Crippen LogP contribution in [0.25, 0.3) is 0 Å². The van der Waals surface area contributed by atoms with Crippen LogP contribution < -0.4 is 0 Å². The van der Waals surface area contributed by atoms with Gasteiger partial charge < -0.3 is 14.6 Å². The highest BCUT2D eigenvalue weighted by molar-refractivity contribution is 9.10. The van der Waals surface area contributed by atoms with Gasteiger partial charge in [-0.1, -0.05) is 12.1 Å². The molecular weight excluding hydrogens is 363 g/mol. The molecule has 1 aromatic carbocycles. The molecule has 1 fully saturated rings. The Hall–Kier alpha value is -1.66. The van der Waals surface area contributed by atoms with Crippen LogP contribution in [-0.4, -0.2) is 35.0 Å². The molecule has 0 bridgehead atoms. The van der Waals surface area contributed by atoms with Crippen molar-refractivity contribution in [2.24, 2.45) is 0 Å². The van der Waals surface area contributed by atoms with Crippen LogP contribution in [-0.2, 0) is 11.3 Å². The van der Waals surface area contributed by atoms with Crippen molar-refractivity contribution in [1.82, 2.24) is 9.88 Å². The zero-order valence-electron chi connectivity index (χ0n) is 12.6. The van der Waals surface area contributed by atoms with Gasteiger partial charge in [-0.25, -0.2) is 4.39 Å². The van der Waals surface area contributed by atoms with Gasteiger partial charge in [0.05, 0.1) is 6.10 Å². The van der Waals surface area contributed by atoms with Gasteiger partial charge in [0, 0.05) is 30.4 Å². The summed E-state index contributed by atoms with van der Waals surface area (Å²) < 4.78 is 19.9. The molecule has 0 saturated carbocycles. The fourth-order valence-electron chi connectivity index (χ4n) is 2.77. The summed E-state index contributed by atoms with van der Waals surface area (Å²) in [6, 6.07) is 8.09. The van der Waals surface area contributed by atoms with Crippen LogP contribution in [0.15, 0.2) is 41.0 Å². The third kappa shape index (κ3) is 4.20. The Morgan fingerprint density at radius 3 is 2.96 bits per heavy atom. The van der Waals surface area contributed by atoms with E-state index in [1.807, 2.05) is 6.07 Å². The second kappa shape index (κ2) is 7.27. The topological polar surface area (TPSA) is 45.3 Å². The third-order valence-electron chi connectivity index (χ3n) is 3.88. The maximum atomic E-state index is 13.4. The zero-order valence-corrected chi connectivity index (χ0v) is 14.2. The van der Waals surface area contributed by atoms with Gasteiger partial charge in [-0.2, -0.15) is 0 Å². The minimum Gasteiger partial charge on any atom is -0.376 e. The number of ether oxygens (including phenoxy) is 1. The molecule has 1 N–H and O–H groups in total. The Morgan fingerprint density at radius 2 is 2.30 bits per heavy atom. The highest BCUT2D eigenvalue weighted by atomic mass is 79.9. The van der Waals surface area contributed by atoms with Crippen LogP contribution in [0, 0.1) is 5.82 Å². The number of halogens is 2. The first-order valence-electron chi connectivity index (χ1n) is 7.61. The number of nitrogens with zero attached hydrogens (tertiary/aromatic N) is 1. The molecule has 0 radical (unpaired) electrons. The molecule has 2 aromatic rings. The Morgan fingerprint density at radius 1 is 1.43 bits per heavy atom. The average molecular weight is 381 g/mol. The van der Waals surface area contributed by atoms with Crippen LogP contribution in [0.4, 0.5) is 4.39 Å². The molecule has 23 heavy (non-hydrogen) atoms. The number of hydrogen-bond donors (Lipinski definition) is 1. The lowest BCUT2D eigenvalue weighted by Crippen LogP contribution is -2.37. The van der Waals surface area contributed by atoms with Gasteiger partial charge in [-0.3, -0.25) is 4.79 Å². The van der Waals surface area contributed by atoms with Crippen molar-refractivity contribution in [3.8, 4) is 0 Å². The molecule has 2 heterocycles. The highest BCUT2D eigenvalue weighted by Crippen LogP contribution is 2.19. The molecule has 122 valence electrons. The van der Waals surface area contributed by atoms with Crippen LogP contribution >= 0.6 is 15.9 Å². The van der Waals surface area contributed by atoms with Crippen LogP contribution in [0.5, 0.6) is 0 Å². The van der Waals surface area contributed by atoms with E-state index in [1.165, 1.54) is 12.1 Å². The van der Waals surface area contributed by atoms with Crippen molar-refractivity contribution in [2.75, 3.05) is 13.2 Å². The summed E-state index contributed by atoms with van der Waals surface area (Å²) in [5.41, 5.74) is 1.27. The quantitative estimate of drug-likeness (QED) is 0.858. The Kier molecular flexibility index (Phi) is 5.13. The molecule has 1 aliphatic heterocycles. The number of carbonyl (C=O) groups excluding carboxylic acids is 1. The van der Waals surface area contributed by atoms with E-state index in [1.54, 1.807) is 23.2 Å². The molecule has 0 aliphatic carbocycles. The van der Waals surface area contributed by atoms with Crippen LogP contribution in [0.3, 0.4) is 0 Å². The monoisotopic (exact) mass is 380 g/mol. The zero-order chi connectivity index (χ0) is 16.2. The molecule has 1 amide bonds. The van der Waals surface area contributed by atoms with Crippen molar-refractivity contribution in [3.05, 3.63) is 58.1 Å². The molecule has 1 saturated heterocycles. The summed E-state index contributed by atoms with van der Waals surface area (Å²) in [5, 5.41) is 0. The minimum absolute atomic E-state index is 0.0471. The van der Waals surface area contributed by atoms with E-state index in [-0.39, 0.29) is 17.8 Å². The molecule has 1 atom stereocenters. The number of aromatic amines is 1. The standard InChI is InChI=1S/C17H18BrFN2O2/c18-13-8-16(20-9-13)17(22)21(11-15-5-2-6-23-15)10-12-3-1-4-14(19)7-12/h1,3-4,7-9,15,20H,2,5-6,10-11H2. The number of amides is 1. The first kappa shape index (κ1) is 16.2. The average Bonchev–Trinajstić information content (AvgIpc) is 3.17. The summed E-state index contributed by atoms with van der Waals surface area (Å²) in [5.74, 6) is -0.412. The van der Waals surface area contributed by atoms with Crippen LogP contribution in [0.1, 0.15) is 28.9 Å². The largest absolute Gasteiger partial charge is 0.376 e. The van der Waals surface area contributed by atoms with Crippen molar-refractivity contribution < 1.29 is 13.9 Å². The van der Waals surface area contributed by atoms with Crippen molar-refractivity contribution in [1.29, 1.82) is 0 Å². The fourth-order valence-corrected chi connectivity index (χ4v) is 3.11. The number of carbonyl (C=O) groups is 1.